The summed E-state index contributed by atoms with van der Waals surface area (Å²) in [5, 5.41) is 0. The molecule has 1 unspecified atom stereocenters. The Hall–Kier alpha value is -0.570. The zero-order chi connectivity index (χ0) is 9.72. The van der Waals surface area contributed by atoms with E-state index in [1.54, 1.807) is 11.9 Å². The minimum Gasteiger partial charge on any atom is -0.344 e. The zero-order valence-electron chi connectivity index (χ0n) is 8.50. The van der Waals surface area contributed by atoms with E-state index in [4.69, 9.17) is 5.73 Å². The molecule has 0 saturated carbocycles. The van der Waals surface area contributed by atoms with Gasteiger partial charge in [-0.15, -0.1) is 0 Å². The molecule has 1 amide bonds. The van der Waals surface area contributed by atoms with Crippen LogP contribution in [0.15, 0.2) is 0 Å². The number of carbonyl (C=O) groups excluding carboxylic acids is 1. The molecular formula is C9H20N2O. The highest BCUT2D eigenvalue weighted by atomic mass is 16.2. The van der Waals surface area contributed by atoms with E-state index in [9.17, 15) is 4.79 Å². The van der Waals surface area contributed by atoms with Gasteiger partial charge in [0.2, 0.25) is 5.91 Å². The Morgan fingerprint density at radius 3 is 2.25 bits per heavy atom. The number of rotatable bonds is 4. The predicted molar refractivity (Wildman–Crippen MR) is 50.7 cm³/mol. The second-order valence-electron chi connectivity index (χ2n) is 3.85. The summed E-state index contributed by atoms with van der Waals surface area (Å²) in [6.07, 6.45) is 0.614. The first kappa shape index (κ1) is 11.4. The maximum absolute atomic E-state index is 11.4. The number of nitrogens with two attached hydrogens (primary N) is 1. The smallest absolute Gasteiger partial charge is 0.222 e. The van der Waals surface area contributed by atoms with Crippen molar-refractivity contribution in [1.29, 1.82) is 0 Å². The van der Waals surface area contributed by atoms with Gasteiger partial charge in [-0.25, -0.2) is 0 Å². The lowest BCUT2D eigenvalue weighted by Gasteiger charge is -2.20. The van der Waals surface area contributed by atoms with Crippen LogP contribution >= 0.6 is 0 Å². The first-order valence-corrected chi connectivity index (χ1v) is 4.43. The van der Waals surface area contributed by atoms with Crippen molar-refractivity contribution >= 4 is 5.91 Å². The van der Waals surface area contributed by atoms with Crippen LogP contribution in [0, 0.1) is 5.92 Å². The molecule has 0 aliphatic carbocycles. The number of carbonyl (C=O) groups is 1. The SMILES string of the molecule is CC(C)CC(=O)N(C)CC(C)N. The lowest BCUT2D eigenvalue weighted by atomic mass is 10.1. The van der Waals surface area contributed by atoms with Crippen LogP contribution in [0.2, 0.25) is 0 Å². The van der Waals surface area contributed by atoms with E-state index in [-0.39, 0.29) is 11.9 Å². The molecular weight excluding hydrogens is 152 g/mol. The minimum absolute atomic E-state index is 0.0612. The molecule has 3 nitrogen and oxygen atoms in total. The topological polar surface area (TPSA) is 46.3 Å². The van der Waals surface area contributed by atoms with Crippen LogP contribution in [-0.4, -0.2) is 30.4 Å². The lowest BCUT2D eigenvalue weighted by Crippen LogP contribution is -2.37. The molecule has 0 bridgehead atoms. The molecule has 0 aliphatic heterocycles. The number of nitrogens with zero attached hydrogens (tertiary/aromatic N) is 1. The Kier molecular flexibility index (Phi) is 4.90. The number of likely N-dealkylation sites (N-methyl/N-ethyl adjacent to an activating group) is 1. The van der Waals surface area contributed by atoms with E-state index in [0.717, 1.165) is 0 Å². The van der Waals surface area contributed by atoms with E-state index in [1.165, 1.54) is 0 Å². The van der Waals surface area contributed by atoms with Crippen molar-refractivity contribution in [3.8, 4) is 0 Å². The van der Waals surface area contributed by atoms with E-state index < -0.39 is 0 Å². The van der Waals surface area contributed by atoms with Gasteiger partial charge in [-0.2, -0.15) is 0 Å². The van der Waals surface area contributed by atoms with Gasteiger partial charge in [0.15, 0.2) is 0 Å². The number of hydrogen-bond acceptors (Lipinski definition) is 2. The summed E-state index contributed by atoms with van der Waals surface area (Å²) < 4.78 is 0. The van der Waals surface area contributed by atoms with Crippen LogP contribution in [0.25, 0.3) is 0 Å². The second-order valence-corrected chi connectivity index (χ2v) is 3.85. The van der Waals surface area contributed by atoms with Crippen LogP contribution in [0.3, 0.4) is 0 Å². The van der Waals surface area contributed by atoms with Gasteiger partial charge < -0.3 is 10.6 Å². The molecule has 2 N–H and O–H groups in total. The molecule has 0 aromatic carbocycles. The molecule has 0 spiro atoms. The van der Waals surface area contributed by atoms with Crippen molar-refractivity contribution < 1.29 is 4.79 Å². The van der Waals surface area contributed by atoms with Crippen molar-refractivity contribution in [1.82, 2.24) is 4.90 Å². The number of amides is 1. The fourth-order valence-corrected chi connectivity index (χ4v) is 1.04. The van der Waals surface area contributed by atoms with Gasteiger partial charge in [-0.3, -0.25) is 4.79 Å². The highest BCUT2D eigenvalue weighted by molar-refractivity contribution is 5.76. The van der Waals surface area contributed by atoms with E-state index >= 15 is 0 Å². The summed E-state index contributed by atoms with van der Waals surface area (Å²) >= 11 is 0. The van der Waals surface area contributed by atoms with Crippen LogP contribution in [0.4, 0.5) is 0 Å². The molecule has 0 aromatic heterocycles. The summed E-state index contributed by atoms with van der Waals surface area (Å²) in [4.78, 5) is 13.1. The third-order valence-corrected chi connectivity index (χ3v) is 1.57. The Morgan fingerprint density at radius 1 is 1.42 bits per heavy atom. The highest BCUT2D eigenvalue weighted by Gasteiger charge is 2.11. The third kappa shape index (κ3) is 5.13. The fourth-order valence-electron chi connectivity index (χ4n) is 1.04. The lowest BCUT2D eigenvalue weighted by molar-refractivity contribution is -0.130. The zero-order valence-corrected chi connectivity index (χ0v) is 8.50. The molecule has 0 saturated heterocycles. The van der Waals surface area contributed by atoms with Crippen LogP contribution < -0.4 is 5.73 Å². The number of hydrogen-bond donors (Lipinski definition) is 1. The summed E-state index contributed by atoms with van der Waals surface area (Å²) in [5.74, 6) is 0.607. The third-order valence-electron chi connectivity index (χ3n) is 1.57. The summed E-state index contributed by atoms with van der Waals surface area (Å²) in [5.41, 5.74) is 5.57. The molecule has 12 heavy (non-hydrogen) atoms. The maximum atomic E-state index is 11.4. The summed E-state index contributed by atoms with van der Waals surface area (Å²) in [7, 11) is 1.80. The Morgan fingerprint density at radius 2 is 1.92 bits per heavy atom. The van der Waals surface area contributed by atoms with Crippen molar-refractivity contribution in [3.63, 3.8) is 0 Å². The van der Waals surface area contributed by atoms with E-state index in [2.05, 4.69) is 0 Å². The fraction of sp³-hybridized carbons (Fsp3) is 0.889. The van der Waals surface area contributed by atoms with Crippen molar-refractivity contribution in [2.45, 2.75) is 33.2 Å². The highest BCUT2D eigenvalue weighted by Crippen LogP contribution is 2.02. The Balaban J connectivity index is 3.77. The van der Waals surface area contributed by atoms with Crippen LogP contribution in [0.1, 0.15) is 27.2 Å². The average Bonchev–Trinajstić information content (AvgIpc) is 1.84. The maximum Gasteiger partial charge on any atom is 0.222 e. The molecule has 3 heteroatoms. The van der Waals surface area contributed by atoms with E-state index in [1.807, 2.05) is 20.8 Å². The average molecular weight is 172 g/mol. The Bertz CT molecular complexity index is 143. The first-order valence-electron chi connectivity index (χ1n) is 4.43. The van der Waals surface area contributed by atoms with Gasteiger partial charge >= 0.3 is 0 Å². The molecule has 0 radical (unpaired) electrons. The monoisotopic (exact) mass is 172 g/mol. The van der Waals surface area contributed by atoms with Gasteiger partial charge in [0.05, 0.1) is 0 Å². The molecule has 0 aromatic rings. The Labute approximate surface area is 74.9 Å². The quantitative estimate of drug-likeness (QED) is 0.683. The second kappa shape index (κ2) is 5.14. The largest absolute Gasteiger partial charge is 0.344 e. The normalized spacial score (nSPS) is 13.2. The van der Waals surface area contributed by atoms with Crippen molar-refractivity contribution in [2.75, 3.05) is 13.6 Å². The van der Waals surface area contributed by atoms with Gasteiger partial charge in [-0.05, 0) is 12.8 Å². The van der Waals surface area contributed by atoms with Crippen LogP contribution in [-0.2, 0) is 4.79 Å². The molecule has 0 fully saturated rings. The molecule has 1 atom stereocenters. The molecule has 0 aliphatic rings. The predicted octanol–water partition coefficient (Wildman–Crippen LogP) is 0.838. The summed E-state index contributed by atoms with van der Waals surface area (Å²) in [6, 6.07) is 0.0612. The molecule has 72 valence electrons. The van der Waals surface area contributed by atoms with Crippen LogP contribution in [0.5, 0.6) is 0 Å². The van der Waals surface area contributed by atoms with Crippen molar-refractivity contribution in [2.24, 2.45) is 11.7 Å². The summed E-state index contributed by atoms with van der Waals surface area (Å²) in [6.45, 7) is 6.62. The van der Waals surface area contributed by atoms with Gasteiger partial charge in [0.25, 0.3) is 0 Å². The van der Waals surface area contributed by atoms with Gasteiger partial charge in [0, 0.05) is 26.1 Å². The standard InChI is InChI=1S/C9H20N2O/c1-7(2)5-9(12)11(4)6-8(3)10/h7-8H,5-6,10H2,1-4H3. The van der Waals surface area contributed by atoms with Crippen molar-refractivity contribution in [3.05, 3.63) is 0 Å². The molecule has 0 rings (SSSR count). The van der Waals surface area contributed by atoms with Gasteiger partial charge in [-0.1, -0.05) is 13.8 Å². The first-order chi connectivity index (χ1) is 5.43. The minimum atomic E-state index is 0.0612. The van der Waals surface area contributed by atoms with Gasteiger partial charge in [0.1, 0.15) is 0 Å². The molecule has 0 heterocycles. The van der Waals surface area contributed by atoms with E-state index in [0.29, 0.717) is 18.9 Å².